The largest absolute Gasteiger partial charge is 0.381 e. The highest BCUT2D eigenvalue weighted by Crippen LogP contribution is 2.38. The first-order valence-corrected chi connectivity index (χ1v) is 9.87. The van der Waals surface area contributed by atoms with Gasteiger partial charge < -0.3 is 16.0 Å². The first-order valence-electron chi connectivity index (χ1n) is 9.87. The van der Waals surface area contributed by atoms with Crippen molar-refractivity contribution in [2.45, 2.75) is 50.4 Å². The van der Waals surface area contributed by atoms with Gasteiger partial charge in [0.2, 0.25) is 0 Å². The highest BCUT2D eigenvalue weighted by Gasteiger charge is 2.41. The predicted octanol–water partition coefficient (Wildman–Crippen LogP) is 2.66. The third-order valence-electron chi connectivity index (χ3n) is 6.16. The molecule has 2 aliphatic heterocycles. The highest BCUT2D eigenvalue weighted by molar-refractivity contribution is 6.05. The average molecular weight is 376 g/mol. The summed E-state index contributed by atoms with van der Waals surface area (Å²) >= 11 is 0. The molecule has 7 heteroatoms. The van der Waals surface area contributed by atoms with Crippen LogP contribution in [-0.2, 0) is 6.54 Å². The van der Waals surface area contributed by atoms with Gasteiger partial charge in [-0.15, -0.1) is 0 Å². The van der Waals surface area contributed by atoms with Crippen molar-refractivity contribution < 1.29 is 4.79 Å². The molecule has 5 rings (SSSR count). The van der Waals surface area contributed by atoms with Crippen molar-refractivity contribution in [1.29, 1.82) is 0 Å². The van der Waals surface area contributed by atoms with Gasteiger partial charge in [0.1, 0.15) is 5.65 Å². The number of pyridine rings is 2. The van der Waals surface area contributed by atoms with Gasteiger partial charge in [0.15, 0.2) is 0 Å². The summed E-state index contributed by atoms with van der Waals surface area (Å²) in [6.07, 6.45) is 9.80. The van der Waals surface area contributed by atoms with E-state index in [1.807, 2.05) is 24.5 Å². The molecule has 0 aromatic carbocycles. The summed E-state index contributed by atoms with van der Waals surface area (Å²) in [5, 5.41) is 4.56. The van der Waals surface area contributed by atoms with Gasteiger partial charge in [-0.25, -0.2) is 4.98 Å². The fraction of sp³-hybridized carbons (Fsp3) is 0.381. The Morgan fingerprint density at radius 1 is 1.21 bits per heavy atom. The zero-order valence-corrected chi connectivity index (χ0v) is 15.6. The van der Waals surface area contributed by atoms with Crippen LogP contribution in [0.2, 0.25) is 0 Å². The molecule has 3 atom stereocenters. The Morgan fingerprint density at radius 3 is 2.75 bits per heavy atom. The number of aromatic amines is 1. The van der Waals surface area contributed by atoms with E-state index in [0.717, 1.165) is 41.8 Å². The average Bonchev–Trinajstić information content (AvgIpc) is 3.25. The van der Waals surface area contributed by atoms with E-state index in [2.05, 4.69) is 37.3 Å². The van der Waals surface area contributed by atoms with Gasteiger partial charge in [0.25, 0.3) is 5.91 Å². The molecule has 28 heavy (non-hydrogen) atoms. The molecule has 3 aromatic rings. The zero-order chi connectivity index (χ0) is 19.1. The number of aromatic nitrogens is 3. The molecule has 1 amide bonds. The molecular weight excluding hydrogens is 352 g/mol. The van der Waals surface area contributed by atoms with Crippen molar-refractivity contribution in [3.05, 3.63) is 54.1 Å². The van der Waals surface area contributed by atoms with E-state index in [4.69, 9.17) is 5.73 Å². The number of hydrogen-bond donors (Lipinski definition) is 3. The quantitative estimate of drug-likeness (QED) is 0.636. The molecule has 0 radical (unpaired) electrons. The SMILES string of the molecule is NC(=O)c1cnc2[nH]ccc2c1NC1C[C@H]2CC[C@@H](C1)N2Cc1ccccn1. The van der Waals surface area contributed by atoms with Gasteiger partial charge in [-0.1, -0.05) is 6.07 Å². The number of nitrogens with zero attached hydrogens (tertiary/aromatic N) is 3. The molecule has 0 aliphatic carbocycles. The molecule has 2 aliphatic rings. The van der Waals surface area contributed by atoms with Crippen LogP contribution >= 0.6 is 0 Å². The number of rotatable bonds is 5. The van der Waals surface area contributed by atoms with E-state index in [1.165, 1.54) is 12.8 Å². The number of piperidine rings is 1. The monoisotopic (exact) mass is 376 g/mol. The Kier molecular flexibility index (Phi) is 4.24. The van der Waals surface area contributed by atoms with Crippen LogP contribution in [0.4, 0.5) is 5.69 Å². The molecule has 3 aromatic heterocycles. The highest BCUT2D eigenvalue weighted by atomic mass is 16.1. The van der Waals surface area contributed by atoms with Gasteiger partial charge in [0, 0.05) is 48.6 Å². The minimum Gasteiger partial charge on any atom is -0.381 e. The van der Waals surface area contributed by atoms with E-state index >= 15 is 0 Å². The molecule has 1 unspecified atom stereocenters. The minimum atomic E-state index is -0.450. The molecular formula is C21H24N6O. The lowest BCUT2D eigenvalue weighted by Crippen LogP contribution is -2.46. The van der Waals surface area contributed by atoms with E-state index < -0.39 is 5.91 Å². The fourth-order valence-electron chi connectivity index (χ4n) is 4.88. The smallest absolute Gasteiger partial charge is 0.252 e. The lowest BCUT2D eigenvalue weighted by Gasteiger charge is -2.39. The van der Waals surface area contributed by atoms with Gasteiger partial charge in [-0.3, -0.25) is 14.7 Å². The Labute approximate surface area is 163 Å². The van der Waals surface area contributed by atoms with Crippen LogP contribution in [0, 0.1) is 0 Å². The lowest BCUT2D eigenvalue weighted by atomic mass is 9.96. The van der Waals surface area contributed by atoms with Crippen LogP contribution in [0.25, 0.3) is 11.0 Å². The molecule has 2 fully saturated rings. The van der Waals surface area contributed by atoms with Crippen molar-refractivity contribution in [1.82, 2.24) is 19.9 Å². The van der Waals surface area contributed by atoms with E-state index in [0.29, 0.717) is 23.7 Å². The number of fused-ring (bicyclic) bond motifs is 3. The molecule has 0 saturated carbocycles. The topological polar surface area (TPSA) is 99.9 Å². The number of amides is 1. The standard InChI is InChI=1S/C21H24N6O/c22-20(28)18-11-25-21-17(6-8-24-21)19(18)26-14-9-15-4-5-16(10-14)27(15)12-13-3-1-2-7-23-13/h1-3,6-8,11,14-16H,4-5,9-10,12H2,(H2,22,28)(H2,24,25,26)/t14?,15-,16+. The number of anilines is 1. The van der Waals surface area contributed by atoms with Crippen LogP contribution in [0.5, 0.6) is 0 Å². The number of carbonyl (C=O) groups is 1. The summed E-state index contributed by atoms with van der Waals surface area (Å²) in [6.45, 7) is 0.909. The number of nitrogens with two attached hydrogens (primary N) is 1. The Bertz CT molecular complexity index is 987. The van der Waals surface area contributed by atoms with Crippen molar-refractivity contribution in [3.63, 3.8) is 0 Å². The third kappa shape index (κ3) is 3.01. The first kappa shape index (κ1) is 17.2. The van der Waals surface area contributed by atoms with Crippen LogP contribution in [0.3, 0.4) is 0 Å². The Hall–Kier alpha value is -2.93. The first-order chi connectivity index (χ1) is 13.7. The predicted molar refractivity (Wildman–Crippen MR) is 108 cm³/mol. The van der Waals surface area contributed by atoms with E-state index in [9.17, 15) is 4.79 Å². The summed E-state index contributed by atoms with van der Waals surface area (Å²) in [5.41, 5.74) is 8.77. The van der Waals surface area contributed by atoms with Gasteiger partial charge >= 0.3 is 0 Å². The van der Waals surface area contributed by atoms with Crippen molar-refractivity contribution >= 4 is 22.6 Å². The summed E-state index contributed by atoms with van der Waals surface area (Å²) in [5.74, 6) is -0.450. The number of hydrogen-bond acceptors (Lipinski definition) is 5. The Morgan fingerprint density at radius 2 is 2.04 bits per heavy atom. The second-order valence-corrected chi connectivity index (χ2v) is 7.84. The van der Waals surface area contributed by atoms with E-state index in [-0.39, 0.29) is 0 Å². The molecule has 144 valence electrons. The normalized spacial score (nSPS) is 24.5. The zero-order valence-electron chi connectivity index (χ0n) is 15.6. The summed E-state index contributed by atoms with van der Waals surface area (Å²) in [7, 11) is 0. The maximum atomic E-state index is 11.9. The second-order valence-electron chi connectivity index (χ2n) is 7.84. The number of carbonyl (C=O) groups excluding carboxylic acids is 1. The van der Waals surface area contributed by atoms with E-state index in [1.54, 1.807) is 6.20 Å². The van der Waals surface area contributed by atoms with Crippen LogP contribution in [0.15, 0.2) is 42.9 Å². The maximum Gasteiger partial charge on any atom is 0.252 e. The van der Waals surface area contributed by atoms with Gasteiger partial charge in [-0.05, 0) is 43.9 Å². The summed E-state index contributed by atoms with van der Waals surface area (Å²) < 4.78 is 0. The molecule has 2 saturated heterocycles. The lowest BCUT2D eigenvalue weighted by molar-refractivity contribution is 0.100. The van der Waals surface area contributed by atoms with Crippen LogP contribution < -0.4 is 11.1 Å². The van der Waals surface area contributed by atoms with Crippen molar-refractivity contribution in [2.24, 2.45) is 5.73 Å². The number of nitrogens with one attached hydrogen (secondary N) is 2. The van der Waals surface area contributed by atoms with Crippen LogP contribution in [-0.4, -0.2) is 43.9 Å². The molecule has 2 bridgehead atoms. The summed E-state index contributed by atoms with van der Waals surface area (Å²) in [4.78, 5) is 26.5. The second kappa shape index (κ2) is 6.91. The van der Waals surface area contributed by atoms with Crippen LogP contribution in [0.1, 0.15) is 41.7 Å². The minimum absolute atomic E-state index is 0.316. The molecule has 4 N–H and O–H groups in total. The van der Waals surface area contributed by atoms with Gasteiger partial charge in [0.05, 0.1) is 16.9 Å². The molecule has 7 nitrogen and oxygen atoms in total. The maximum absolute atomic E-state index is 11.9. The van der Waals surface area contributed by atoms with Crippen molar-refractivity contribution in [3.8, 4) is 0 Å². The Balaban J connectivity index is 1.36. The number of H-pyrrole nitrogens is 1. The molecule has 0 spiro atoms. The molecule has 5 heterocycles. The number of primary amides is 1. The summed E-state index contributed by atoms with van der Waals surface area (Å²) in [6, 6.07) is 9.45. The fourth-order valence-corrected chi connectivity index (χ4v) is 4.88. The van der Waals surface area contributed by atoms with Crippen molar-refractivity contribution in [2.75, 3.05) is 5.32 Å². The third-order valence-corrected chi connectivity index (χ3v) is 6.16. The van der Waals surface area contributed by atoms with Gasteiger partial charge in [-0.2, -0.15) is 0 Å².